The zero-order valence-electron chi connectivity index (χ0n) is 5.09. The monoisotopic (exact) mass is 134 g/mol. The van der Waals surface area contributed by atoms with Gasteiger partial charge in [0, 0.05) is 15.9 Å². The first-order chi connectivity index (χ1) is 4.34. The van der Waals surface area contributed by atoms with Crippen molar-refractivity contribution in [2.24, 2.45) is 0 Å². The summed E-state index contributed by atoms with van der Waals surface area (Å²) in [6.07, 6.45) is 0. The van der Waals surface area contributed by atoms with Gasteiger partial charge in [0.25, 0.3) is 0 Å². The maximum Gasteiger partial charge on any atom is 0.0343 e. The van der Waals surface area contributed by atoms with Gasteiger partial charge in [-0.2, -0.15) is 0 Å². The minimum atomic E-state index is 0.826. The van der Waals surface area contributed by atoms with Crippen LogP contribution in [-0.2, 0) is 6.04 Å². The molecule has 0 saturated carbocycles. The molecule has 1 aromatic rings. The Balaban J connectivity index is 3.01. The molecule has 1 aromatic carbocycles. The summed E-state index contributed by atoms with van der Waals surface area (Å²) in [5.41, 5.74) is 7.60. The molecule has 0 aliphatic carbocycles. The molecule has 2 N–H and O–H groups in total. The topological polar surface area (TPSA) is 26.0 Å². The minimum absolute atomic E-state index is 0.826. The molecule has 0 heterocycles. The number of nitrogen functional groups attached to an aromatic ring is 1. The third-order valence-corrected chi connectivity index (χ3v) is 1.63. The second-order valence-electron chi connectivity index (χ2n) is 1.88. The number of rotatable bonds is 1. The summed E-state index contributed by atoms with van der Waals surface area (Å²) in [7, 11) is 3.37. The van der Waals surface area contributed by atoms with Crippen molar-refractivity contribution in [3.05, 3.63) is 29.8 Å². The first-order valence-electron chi connectivity index (χ1n) is 2.82. The van der Waals surface area contributed by atoms with Gasteiger partial charge in [0.1, 0.15) is 0 Å². The van der Waals surface area contributed by atoms with Gasteiger partial charge in [-0.15, -0.1) is 0 Å². The highest BCUT2D eigenvalue weighted by Gasteiger charge is 1.90. The number of para-hydroxylation sites is 1. The molecule has 1 nitrogen and oxygen atoms in total. The van der Waals surface area contributed by atoms with Crippen LogP contribution in [0.2, 0.25) is 0 Å². The molecule has 0 amide bonds. The molecular formula is C7H8NSi. The molecule has 0 bridgehead atoms. The second kappa shape index (κ2) is 2.69. The minimum Gasteiger partial charge on any atom is -0.399 e. The van der Waals surface area contributed by atoms with E-state index in [-0.39, 0.29) is 0 Å². The molecule has 0 saturated heterocycles. The summed E-state index contributed by atoms with van der Waals surface area (Å²) in [6.45, 7) is 0. The summed E-state index contributed by atoms with van der Waals surface area (Å²) >= 11 is 0. The van der Waals surface area contributed by atoms with Crippen molar-refractivity contribution in [3.63, 3.8) is 0 Å². The Bertz CT molecular complexity index is 198. The van der Waals surface area contributed by atoms with E-state index < -0.39 is 0 Å². The lowest BCUT2D eigenvalue weighted by Gasteiger charge is -1.98. The molecule has 0 unspecified atom stereocenters. The van der Waals surface area contributed by atoms with Crippen molar-refractivity contribution >= 4 is 15.9 Å². The van der Waals surface area contributed by atoms with Gasteiger partial charge < -0.3 is 5.73 Å². The molecule has 0 aliphatic rings. The van der Waals surface area contributed by atoms with Crippen LogP contribution in [0.5, 0.6) is 0 Å². The molecular weight excluding hydrogens is 126 g/mol. The van der Waals surface area contributed by atoms with Crippen molar-refractivity contribution in [3.8, 4) is 0 Å². The Labute approximate surface area is 58.3 Å². The predicted molar refractivity (Wildman–Crippen MR) is 40.3 cm³/mol. The molecule has 0 aliphatic heterocycles. The van der Waals surface area contributed by atoms with E-state index in [9.17, 15) is 0 Å². The highest BCUT2D eigenvalue weighted by molar-refractivity contribution is 6.08. The zero-order valence-corrected chi connectivity index (χ0v) is 6.09. The molecule has 0 fully saturated rings. The van der Waals surface area contributed by atoms with E-state index in [1.165, 1.54) is 0 Å². The van der Waals surface area contributed by atoms with E-state index in [0.717, 1.165) is 17.3 Å². The lowest BCUT2D eigenvalue weighted by molar-refractivity contribution is 1.40. The molecule has 9 heavy (non-hydrogen) atoms. The average Bonchev–Trinajstić information content (AvgIpc) is 1.89. The Morgan fingerprint density at radius 3 is 2.44 bits per heavy atom. The highest BCUT2D eigenvalue weighted by Crippen LogP contribution is 2.08. The molecule has 1 rings (SSSR count). The Morgan fingerprint density at radius 2 is 2.00 bits per heavy atom. The lowest BCUT2D eigenvalue weighted by Crippen LogP contribution is -1.92. The van der Waals surface area contributed by atoms with Gasteiger partial charge in [-0.1, -0.05) is 18.2 Å². The second-order valence-corrected chi connectivity index (χ2v) is 2.23. The zero-order chi connectivity index (χ0) is 6.69. The molecule has 3 radical (unpaired) electrons. The third kappa shape index (κ3) is 1.33. The normalized spacial score (nSPS) is 9.44. The predicted octanol–water partition coefficient (Wildman–Crippen LogP) is 0.937. The van der Waals surface area contributed by atoms with Crippen molar-refractivity contribution in [1.82, 2.24) is 0 Å². The van der Waals surface area contributed by atoms with Crippen LogP contribution in [-0.4, -0.2) is 10.2 Å². The van der Waals surface area contributed by atoms with Crippen LogP contribution in [0.1, 0.15) is 5.56 Å². The van der Waals surface area contributed by atoms with Crippen LogP contribution in [0.15, 0.2) is 24.3 Å². The van der Waals surface area contributed by atoms with Gasteiger partial charge >= 0.3 is 0 Å². The highest BCUT2D eigenvalue weighted by atomic mass is 28.1. The lowest BCUT2D eigenvalue weighted by atomic mass is 10.2. The summed E-state index contributed by atoms with van der Waals surface area (Å²) in [5, 5.41) is 0. The summed E-state index contributed by atoms with van der Waals surface area (Å²) in [6, 6.07) is 8.64. The largest absolute Gasteiger partial charge is 0.399 e. The Hall–Kier alpha value is -0.763. The van der Waals surface area contributed by atoms with Crippen LogP contribution in [0.25, 0.3) is 0 Å². The number of hydrogen-bond acceptors (Lipinski definition) is 1. The molecule has 0 atom stereocenters. The van der Waals surface area contributed by atoms with Gasteiger partial charge in [0.05, 0.1) is 0 Å². The van der Waals surface area contributed by atoms with E-state index >= 15 is 0 Å². The van der Waals surface area contributed by atoms with Gasteiger partial charge in [0.2, 0.25) is 0 Å². The number of benzene rings is 1. The molecule has 2 heteroatoms. The van der Waals surface area contributed by atoms with Gasteiger partial charge in [-0.05, 0) is 17.7 Å². The van der Waals surface area contributed by atoms with E-state index in [4.69, 9.17) is 5.73 Å². The molecule has 0 spiro atoms. The fraction of sp³-hybridized carbons (Fsp3) is 0.143. The fourth-order valence-electron chi connectivity index (χ4n) is 0.695. The summed E-state index contributed by atoms with van der Waals surface area (Å²) < 4.78 is 0. The summed E-state index contributed by atoms with van der Waals surface area (Å²) in [4.78, 5) is 0. The standard InChI is InChI=1S/C7H8NSi/c8-7-4-2-1-3-6(7)5-9/h1-4H,5,8H2. The maximum absolute atomic E-state index is 5.60. The Morgan fingerprint density at radius 1 is 1.33 bits per heavy atom. The number of hydrogen-bond donors (Lipinski definition) is 1. The van der Waals surface area contributed by atoms with Crippen LogP contribution in [0.3, 0.4) is 0 Å². The van der Waals surface area contributed by atoms with Crippen LogP contribution in [0.4, 0.5) is 5.69 Å². The van der Waals surface area contributed by atoms with Gasteiger partial charge in [-0.25, -0.2) is 0 Å². The fourth-order valence-corrected chi connectivity index (χ4v) is 1.02. The van der Waals surface area contributed by atoms with E-state index in [1.807, 2.05) is 24.3 Å². The van der Waals surface area contributed by atoms with Crippen LogP contribution >= 0.6 is 0 Å². The molecule has 45 valence electrons. The van der Waals surface area contributed by atoms with Gasteiger partial charge in [-0.3, -0.25) is 0 Å². The summed E-state index contributed by atoms with van der Waals surface area (Å²) in [5.74, 6) is 0. The first kappa shape index (κ1) is 6.36. The number of nitrogens with two attached hydrogens (primary N) is 1. The SMILES string of the molecule is Nc1ccccc1C[Si]. The van der Waals surface area contributed by atoms with Crippen molar-refractivity contribution in [2.75, 3.05) is 5.73 Å². The maximum atomic E-state index is 5.60. The smallest absolute Gasteiger partial charge is 0.0343 e. The first-order valence-corrected chi connectivity index (χ1v) is 3.53. The van der Waals surface area contributed by atoms with E-state index in [0.29, 0.717) is 0 Å². The van der Waals surface area contributed by atoms with Crippen molar-refractivity contribution < 1.29 is 0 Å². The van der Waals surface area contributed by atoms with Crippen LogP contribution in [0, 0.1) is 0 Å². The van der Waals surface area contributed by atoms with Crippen molar-refractivity contribution in [2.45, 2.75) is 6.04 Å². The van der Waals surface area contributed by atoms with E-state index in [1.54, 1.807) is 0 Å². The quantitative estimate of drug-likeness (QED) is 0.449. The average molecular weight is 134 g/mol. The third-order valence-electron chi connectivity index (χ3n) is 1.25. The number of anilines is 1. The van der Waals surface area contributed by atoms with Crippen molar-refractivity contribution in [1.29, 1.82) is 0 Å². The van der Waals surface area contributed by atoms with Crippen LogP contribution < -0.4 is 5.73 Å². The Kier molecular flexibility index (Phi) is 1.90. The van der Waals surface area contributed by atoms with Gasteiger partial charge in [0.15, 0.2) is 0 Å². The van der Waals surface area contributed by atoms with E-state index in [2.05, 4.69) is 10.2 Å². The molecule has 0 aromatic heterocycles.